The second-order valence-electron chi connectivity index (χ2n) is 25.4. The molecule has 0 amide bonds. The fourth-order valence-corrected chi connectivity index (χ4v) is 12.0. The lowest BCUT2D eigenvalue weighted by atomic mass is 10.0. The average Bonchev–Trinajstić information content (AvgIpc) is 3.61. The SMILES string of the molecule is CCCCCCCCCCCCCCCCCCCC(=O)O[C@H](COC(=O)CCCCCCCCCCC(C)C)COP(=O)(O)OC[C@@H](O)COP(=O)(O)OC[C@@H](COC(=O)CCCCCCCCCCC)OC(=O)CCCCCCCCCCCCC. The van der Waals surface area contributed by atoms with Crippen LogP contribution in [0.2, 0.25) is 0 Å². The van der Waals surface area contributed by atoms with Crippen molar-refractivity contribution in [2.45, 2.75) is 374 Å². The first kappa shape index (κ1) is 86.1. The summed E-state index contributed by atoms with van der Waals surface area (Å²) in [5, 5.41) is 10.6. The zero-order valence-corrected chi connectivity index (χ0v) is 58.6. The van der Waals surface area contributed by atoms with Gasteiger partial charge in [-0.25, -0.2) is 9.13 Å². The van der Waals surface area contributed by atoms with Gasteiger partial charge in [0.05, 0.1) is 26.4 Å². The van der Waals surface area contributed by atoms with Gasteiger partial charge in [0, 0.05) is 25.7 Å². The monoisotopic (exact) mass is 1300 g/mol. The van der Waals surface area contributed by atoms with Crippen molar-refractivity contribution in [2.24, 2.45) is 5.92 Å². The first-order valence-corrected chi connectivity index (χ1v) is 39.1. The molecule has 0 fully saturated rings. The predicted molar refractivity (Wildman–Crippen MR) is 354 cm³/mol. The number of phosphoric ester groups is 2. The van der Waals surface area contributed by atoms with Gasteiger partial charge in [0.1, 0.15) is 19.3 Å². The molecule has 0 aromatic heterocycles. The minimum absolute atomic E-state index is 0.107. The van der Waals surface area contributed by atoms with Gasteiger partial charge in [-0.05, 0) is 31.6 Å². The Bertz CT molecular complexity index is 1700. The van der Waals surface area contributed by atoms with Crippen LogP contribution in [0.4, 0.5) is 0 Å². The molecule has 0 radical (unpaired) electrons. The molecule has 19 heteroatoms. The van der Waals surface area contributed by atoms with Gasteiger partial charge in [-0.2, -0.15) is 0 Å². The molecular formula is C69H134O17P2. The third-order valence-electron chi connectivity index (χ3n) is 16.0. The molecule has 0 aliphatic heterocycles. The number of rotatable bonds is 69. The molecule has 0 rings (SSSR count). The topological polar surface area (TPSA) is 237 Å². The fraction of sp³-hybridized carbons (Fsp3) is 0.942. The van der Waals surface area contributed by atoms with Crippen LogP contribution in [0.1, 0.15) is 356 Å². The highest BCUT2D eigenvalue weighted by Gasteiger charge is 2.30. The Morgan fingerprint density at radius 1 is 0.307 bits per heavy atom. The first-order valence-electron chi connectivity index (χ1n) is 36.1. The summed E-state index contributed by atoms with van der Waals surface area (Å²) in [4.78, 5) is 72.4. The van der Waals surface area contributed by atoms with Crippen molar-refractivity contribution < 1.29 is 80.2 Å². The Morgan fingerprint density at radius 2 is 0.523 bits per heavy atom. The lowest BCUT2D eigenvalue weighted by molar-refractivity contribution is -0.161. The van der Waals surface area contributed by atoms with Gasteiger partial charge >= 0.3 is 39.5 Å². The van der Waals surface area contributed by atoms with Crippen LogP contribution in [0.15, 0.2) is 0 Å². The molecule has 2 unspecified atom stereocenters. The maximum Gasteiger partial charge on any atom is 0.472 e. The number of unbranched alkanes of at least 4 members (excludes halogenated alkanes) is 41. The quantitative estimate of drug-likeness (QED) is 0.0222. The number of aliphatic hydroxyl groups excluding tert-OH is 1. The van der Waals surface area contributed by atoms with Crippen LogP contribution in [0.5, 0.6) is 0 Å². The van der Waals surface area contributed by atoms with Crippen LogP contribution in [0.25, 0.3) is 0 Å². The standard InChI is InChI=1S/C69H134O17P2/c1-6-9-12-15-18-21-23-24-25-26-27-28-30-33-40-45-50-55-69(74)86-65(59-80-67(72)53-48-43-38-35-34-36-41-46-51-62(4)5)61-84-88(77,78)82-57-63(70)56-81-87(75,76)83-60-64(58-79-66(71)52-47-42-37-31-20-17-14-11-8-3)85-68(73)54-49-44-39-32-29-22-19-16-13-10-7-2/h62-65,70H,6-61H2,1-5H3,(H,75,76)(H,77,78)/t63-,64+,65+/m0/s1. The van der Waals surface area contributed by atoms with E-state index in [0.717, 1.165) is 95.8 Å². The third kappa shape index (κ3) is 62.8. The first-order chi connectivity index (χ1) is 42.5. The number of carbonyl (C=O) groups excluding carboxylic acids is 4. The summed E-state index contributed by atoms with van der Waals surface area (Å²) in [6, 6.07) is 0. The van der Waals surface area contributed by atoms with Gasteiger partial charge < -0.3 is 33.8 Å². The van der Waals surface area contributed by atoms with E-state index < -0.39 is 97.5 Å². The van der Waals surface area contributed by atoms with E-state index in [1.165, 1.54) is 180 Å². The van der Waals surface area contributed by atoms with Crippen LogP contribution >= 0.6 is 15.6 Å². The second-order valence-corrected chi connectivity index (χ2v) is 28.3. The molecule has 0 aliphatic rings. The van der Waals surface area contributed by atoms with E-state index in [9.17, 15) is 43.2 Å². The van der Waals surface area contributed by atoms with Crippen LogP contribution in [-0.4, -0.2) is 96.7 Å². The van der Waals surface area contributed by atoms with E-state index in [1.807, 2.05) is 0 Å². The number of hydrogen-bond acceptors (Lipinski definition) is 15. The molecule has 3 N–H and O–H groups in total. The van der Waals surface area contributed by atoms with Crippen molar-refractivity contribution in [1.29, 1.82) is 0 Å². The normalized spacial score (nSPS) is 14.1. The summed E-state index contributed by atoms with van der Waals surface area (Å²) < 4.78 is 68.2. The van der Waals surface area contributed by atoms with E-state index in [4.69, 9.17) is 37.0 Å². The Labute approximate surface area is 537 Å². The molecular weight excluding hydrogens is 1160 g/mol. The maximum atomic E-state index is 13.0. The summed E-state index contributed by atoms with van der Waals surface area (Å²) >= 11 is 0. The van der Waals surface area contributed by atoms with Crippen molar-refractivity contribution in [2.75, 3.05) is 39.6 Å². The van der Waals surface area contributed by atoms with Crippen LogP contribution in [-0.2, 0) is 65.4 Å². The van der Waals surface area contributed by atoms with Crippen molar-refractivity contribution in [3.05, 3.63) is 0 Å². The number of carbonyl (C=O) groups is 4. The molecule has 0 bridgehead atoms. The van der Waals surface area contributed by atoms with E-state index in [0.29, 0.717) is 25.7 Å². The molecule has 0 spiro atoms. The molecule has 88 heavy (non-hydrogen) atoms. The minimum atomic E-state index is -4.95. The predicted octanol–water partition coefficient (Wildman–Crippen LogP) is 19.7. The average molecular weight is 1300 g/mol. The molecule has 0 heterocycles. The third-order valence-corrected chi connectivity index (χ3v) is 17.9. The molecule has 0 aromatic rings. The van der Waals surface area contributed by atoms with Gasteiger partial charge in [-0.3, -0.25) is 37.3 Å². The Morgan fingerprint density at radius 3 is 0.773 bits per heavy atom. The van der Waals surface area contributed by atoms with Crippen molar-refractivity contribution in [3.8, 4) is 0 Å². The largest absolute Gasteiger partial charge is 0.472 e. The number of ether oxygens (including phenoxy) is 4. The number of aliphatic hydroxyl groups is 1. The Hall–Kier alpha value is -1.94. The second kappa shape index (κ2) is 62.5. The van der Waals surface area contributed by atoms with Crippen molar-refractivity contribution in [3.63, 3.8) is 0 Å². The maximum absolute atomic E-state index is 13.0. The highest BCUT2D eigenvalue weighted by atomic mass is 31.2. The minimum Gasteiger partial charge on any atom is -0.462 e. The molecule has 5 atom stereocenters. The number of hydrogen-bond donors (Lipinski definition) is 3. The van der Waals surface area contributed by atoms with Gasteiger partial charge in [-0.15, -0.1) is 0 Å². The van der Waals surface area contributed by atoms with Gasteiger partial charge in [0.2, 0.25) is 0 Å². The fourth-order valence-electron chi connectivity index (χ4n) is 10.5. The highest BCUT2D eigenvalue weighted by molar-refractivity contribution is 7.47. The summed E-state index contributed by atoms with van der Waals surface area (Å²) in [6.07, 6.45) is 48.6. The summed E-state index contributed by atoms with van der Waals surface area (Å²) in [6.45, 7) is 7.19. The van der Waals surface area contributed by atoms with E-state index in [1.54, 1.807) is 0 Å². The van der Waals surface area contributed by atoms with Crippen molar-refractivity contribution in [1.82, 2.24) is 0 Å². The van der Waals surface area contributed by atoms with E-state index in [-0.39, 0.29) is 25.7 Å². The molecule has 522 valence electrons. The highest BCUT2D eigenvalue weighted by Crippen LogP contribution is 2.45. The smallest absolute Gasteiger partial charge is 0.462 e. The number of phosphoric acid groups is 2. The van der Waals surface area contributed by atoms with Crippen molar-refractivity contribution >= 4 is 39.5 Å². The molecule has 0 aliphatic carbocycles. The molecule has 17 nitrogen and oxygen atoms in total. The van der Waals surface area contributed by atoms with Crippen LogP contribution in [0.3, 0.4) is 0 Å². The van der Waals surface area contributed by atoms with Gasteiger partial charge in [0.15, 0.2) is 12.2 Å². The van der Waals surface area contributed by atoms with E-state index >= 15 is 0 Å². The summed E-state index contributed by atoms with van der Waals surface area (Å²) in [5.74, 6) is -1.40. The Kier molecular flexibility index (Phi) is 61.1. The lowest BCUT2D eigenvalue weighted by Crippen LogP contribution is -2.30. The van der Waals surface area contributed by atoms with Crippen LogP contribution < -0.4 is 0 Å². The summed E-state index contributed by atoms with van der Waals surface area (Å²) in [5.41, 5.74) is 0. The van der Waals surface area contributed by atoms with Gasteiger partial charge in [0.25, 0.3) is 0 Å². The summed E-state index contributed by atoms with van der Waals surface area (Å²) in [7, 11) is -9.89. The lowest BCUT2D eigenvalue weighted by Gasteiger charge is -2.21. The molecule has 0 aromatic carbocycles. The molecule has 0 saturated heterocycles. The Balaban J connectivity index is 5.21. The zero-order valence-electron chi connectivity index (χ0n) is 56.9. The molecule has 0 saturated carbocycles. The van der Waals surface area contributed by atoms with E-state index in [2.05, 4.69) is 34.6 Å². The van der Waals surface area contributed by atoms with Crippen LogP contribution in [0, 0.1) is 5.92 Å². The number of esters is 4. The zero-order chi connectivity index (χ0) is 64.9. The van der Waals surface area contributed by atoms with Gasteiger partial charge in [-0.1, -0.05) is 304 Å².